The van der Waals surface area contributed by atoms with Crippen LogP contribution in [0, 0.1) is 5.41 Å². The first-order chi connectivity index (χ1) is 14.5. The number of carbonyl (C=O) groups is 2. The topological polar surface area (TPSA) is 70.5 Å². The van der Waals surface area contributed by atoms with E-state index in [2.05, 4.69) is 0 Å². The van der Waals surface area contributed by atoms with E-state index < -0.39 is 17.3 Å². The van der Waals surface area contributed by atoms with Crippen LogP contribution >= 0.6 is 35.0 Å². The third-order valence-electron chi connectivity index (χ3n) is 4.71. The molecule has 1 atom stereocenters. The standard InChI is InChI=1S/C22H16Cl2N2O3S/c23-15(11-13-7-3-1-4-8-13)16-20(27)26-18(17(24)19(25)30-21(16)26)22(28)29-12-14-9-5-2-6-10-14/h1-10,21,25H,11-12H2/t21-/m1/s1. The van der Waals surface area contributed by atoms with Crippen molar-refractivity contribution in [3.8, 4) is 0 Å². The number of hydrogen-bond donors (Lipinski definition) is 1. The molecule has 0 bridgehead atoms. The molecule has 2 aliphatic rings. The van der Waals surface area contributed by atoms with Crippen LogP contribution < -0.4 is 0 Å². The van der Waals surface area contributed by atoms with Crippen LogP contribution in [0.2, 0.25) is 0 Å². The van der Waals surface area contributed by atoms with Crippen molar-refractivity contribution in [1.82, 2.24) is 4.90 Å². The van der Waals surface area contributed by atoms with Crippen molar-refractivity contribution < 1.29 is 14.3 Å². The number of carbonyl (C=O) groups excluding carboxylic acids is 2. The van der Waals surface area contributed by atoms with Crippen molar-refractivity contribution in [2.75, 3.05) is 0 Å². The fraction of sp³-hybridized carbons (Fsp3) is 0.136. The fourth-order valence-corrected chi connectivity index (χ4v) is 5.01. The Labute approximate surface area is 187 Å². The number of hydrogen-bond acceptors (Lipinski definition) is 5. The zero-order valence-electron chi connectivity index (χ0n) is 15.6. The second-order valence-electron chi connectivity index (χ2n) is 6.68. The summed E-state index contributed by atoms with van der Waals surface area (Å²) in [5.41, 5.74) is 2.04. The summed E-state index contributed by atoms with van der Waals surface area (Å²) in [4.78, 5) is 26.9. The number of rotatable bonds is 5. The number of nitrogens with zero attached hydrogens (tertiary/aromatic N) is 1. The lowest BCUT2D eigenvalue weighted by Crippen LogP contribution is -2.57. The first-order valence-electron chi connectivity index (χ1n) is 9.09. The molecule has 0 unspecified atom stereocenters. The molecule has 1 N–H and O–H groups in total. The number of β-lactam (4-membered cyclic amide) rings is 1. The van der Waals surface area contributed by atoms with Crippen molar-refractivity contribution >= 4 is 51.9 Å². The minimum atomic E-state index is -0.745. The molecule has 0 aliphatic carbocycles. The predicted molar refractivity (Wildman–Crippen MR) is 118 cm³/mol. The van der Waals surface area contributed by atoms with Crippen LogP contribution in [0.25, 0.3) is 0 Å². The van der Waals surface area contributed by atoms with Gasteiger partial charge in [-0.05, 0) is 11.1 Å². The molecule has 0 spiro atoms. The Morgan fingerprint density at radius 2 is 1.67 bits per heavy atom. The van der Waals surface area contributed by atoms with E-state index in [-0.39, 0.29) is 22.4 Å². The Bertz CT molecular complexity index is 1080. The molecule has 1 saturated heterocycles. The van der Waals surface area contributed by atoms with Crippen LogP contribution in [0.4, 0.5) is 0 Å². The van der Waals surface area contributed by atoms with Gasteiger partial charge in [0.05, 0.1) is 5.57 Å². The highest BCUT2D eigenvalue weighted by Gasteiger charge is 2.52. The molecule has 0 saturated carbocycles. The second kappa shape index (κ2) is 8.68. The zero-order chi connectivity index (χ0) is 21.3. The molecule has 2 aliphatic heterocycles. The lowest BCUT2D eigenvalue weighted by atomic mass is 10.0. The van der Waals surface area contributed by atoms with Crippen molar-refractivity contribution in [2.45, 2.75) is 18.4 Å². The fourth-order valence-electron chi connectivity index (χ4n) is 3.21. The second-order valence-corrected chi connectivity index (χ2v) is 8.60. The summed E-state index contributed by atoms with van der Waals surface area (Å²) in [6, 6.07) is 18.7. The minimum absolute atomic E-state index is 0.00115. The number of thioether (sulfide) groups is 1. The first kappa shape index (κ1) is 20.7. The number of amides is 1. The molecular weight excluding hydrogens is 443 g/mol. The van der Waals surface area contributed by atoms with Crippen LogP contribution in [0.15, 0.2) is 82.0 Å². The molecule has 1 fully saturated rings. The van der Waals surface area contributed by atoms with Crippen LogP contribution in [0.5, 0.6) is 0 Å². The van der Waals surface area contributed by atoms with E-state index in [1.54, 1.807) is 0 Å². The number of benzene rings is 2. The number of halogens is 2. The van der Waals surface area contributed by atoms with E-state index >= 15 is 0 Å². The van der Waals surface area contributed by atoms with Gasteiger partial charge in [0, 0.05) is 11.5 Å². The third kappa shape index (κ3) is 3.90. The SMILES string of the molecule is N=C1S[C@@H]2C(=C(Cl)Cc3ccccc3)C(=O)N2C(C(=O)OCc2ccccc2)=C1Cl. The Morgan fingerprint density at radius 3 is 2.30 bits per heavy atom. The van der Waals surface area contributed by atoms with E-state index in [1.165, 1.54) is 4.90 Å². The molecule has 2 aromatic carbocycles. The van der Waals surface area contributed by atoms with Crippen molar-refractivity contribution in [2.24, 2.45) is 0 Å². The molecule has 0 aromatic heterocycles. The van der Waals surface area contributed by atoms with Gasteiger partial charge in [0.25, 0.3) is 5.91 Å². The summed E-state index contributed by atoms with van der Waals surface area (Å²) in [5, 5.41) is 7.88. The molecule has 0 radical (unpaired) electrons. The van der Waals surface area contributed by atoms with Gasteiger partial charge in [-0.2, -0.15) is 0 Å². The zero-order valence-corrected chi connectivity index (χ0v) is 17.9. The van der Waals surface area contributed by atoms with E-state index in [1.807, 2.05) is 60.7 Å². The van der Waals surface area contributed by atoms with E-state index in [0.717, 1.165) is 22.9 Å². The molecule has 2 aromatic rings. The van der Waals surface area contributed by atoms with Crippen molar-refractivity contribution in [3.63, 3.8) is 0 Å². The summed E-state index contributed by atoms with van der Waals surface area (Å²) in [6.07, 6.45) is 0.396. The van der Waals surface area contributed by atoms with E-state index in [9.17, 15) is 9.59 Å². The van der Waals surface area contributed by atoms with Gasteiger partial charge in [0.2, 0.25) is 0 Å². The highest BCUT2D eigenvalue weighted by Crippen LogP contribution is 2.47. The lowest BCUT2D eigenvalue weighted by molar-refractivity contribution is -0.146. The van der Waals surface area contributed by atoms with Gasteiger partial charge in [0.1, 0.15) is 22.1 Å². The van der Waals surface area contributed by atoms with Gasteiger partial charge in [-0.1, -0.05) is 95.6 Å². The van der Waals surface area contributed by atoms with Gasteiger partial charge in [0.15, 0.2) is 5.70 Å². The van der Waals surface area contributed by atoms with Gasteiger partial charge >= 0.3 is 5.97 Å². The highest BCUT2D eigenvalue weighted by atomic mass is 35.5. The predicted octanol–water partition coefficient (Wildman–Crippen LogP) is 4.81. The largest absolute Gasteiger partial charge is 0.456 e. The number of allylic oxidation sites excluding steroid dienone is 1. The molecule has 2 heterocycles. The normalized spacial score (nSPS) is 19.9. The summed E-state index contributed by atoms with van der Waals surface area (Å²) in [7, 11) is 0. The van der Waals surface area contributed by atoms with Crippen LogP contribution in [-0.2, 0) is 27.4 Å². The quantitative estimate of drug-likeness (QED) is 0.396. The molecular formula is C22H16Cl2N2O3S. The summed E-state index contributed by atoms with van der Waals surface area (Å²) in [5.74, 6) is -1.14. The molecule has 1 amide bonds. The maximum Gasteiger partial charge on any atom is 0.357 e. The molecule has 152 valence electrons. The number of fused-ring (bicyclic) bond motifs is 1. The summed E-state index contributed by atoms with van der Waals surface area (Å²) < 4.78 is 5.35. The van der Waals surface area contributed by atoms with Gasteiger partial charge < -0.3 is 4.74 Å². The van der Waals surface area contributed by atoms with Gasteiger partial charge in [-0.15, -0.1) is 0 Å². The third-order valence-corrected chi connectivity index (χ3v) is 6.64. The van der Waals surface area contributed by atoms with Crippen LogP contribution in [0.3, 0.4) is 0 Å². The molecule has 5 nitrogen and oxygen atoms in total. The highest BCUT2D eigenvalue weighted by molar-refractivity contribution is 8.15. The number of nitrogens with one attached hydrogen (secondary N) is 1. The van der Waals surface area contributed by atoms with E-state index in [0.29, 0.717) is 17.0 Å². The Hall–Kier alpha value is -2.54. The summed E-state index contributed by atoms with van der Waals surface area (Å²) in [6.45, 7) is 0.0397. The maximum absolute atomic E-state index is 12.9. The first-order valence-corrected chi connectivity index (χ1v) is 10.7. The Kier molecular flexibility index (Phi) is 5.99. The van der Waals surface area contributed by atoms with Crippen molar-refractivity contribution in [3.05, 3.63) is 93.1 Å². The minimum Gasteiger partial charge on any atom is -0.456 e. The average Bonchev–Trinajstić information content (AvgIpc) is 2.75. The monoisotopic (exact) mass is 458 g/mol. The Balaban J connectivity index is 1.56. The molecule has 8 heteroatoms. The average molecular weight is 459 g/mol. The van der Waals surface area contributed by atoms with Gasteiger partial charge in [-0.25, -0.2) is 4.79 Å². The Morgan fingerprint density at radius 1 is 1.07 bits per heavy atom. The van der Waals surface area contributed by atoms with Gasteiger partial charge in [-0.3, -0.25) is 15.1 Å². The van der Waals surface area contributed by atoms with Crippen LogP contribution in [0.1, 0.15) is 11.1 Å². The molecule has 30 heavy (non-hydrogen) atoms. The summed E-state index contributed by atoms with van der Waals surface area (Å²) >= 11 is 13.8. The number of ether oxygens (including phenoxy) is 1. The maximum atomic E-state index is 12.9. The lowest BCUT2D eigenvalue weighted by Gasteiger charge is -2.45. The molecule has 4 rings (SSSR count). The number of esters is 1. The van der Waals surface area contributed by atoms with Crippen molar-refractivity contribution in [1.29, 1.82) is 5.41 Å². The van der Waals surface area contributed by atoms with E-state index in [4.69, 9.17) is 33.3 Å². The smallest absolute Gasteiger partial charge is 0.357 e. The van der Waals surface area contributed by atoms with Crippen LogP contribution in [-0.4, -0.2) is 27.2 Å².